The lowest BCUT2D eigenvalue weighted by Crippen LogP contribution is -2.68. The largest absolute Gasteiger partial charge is 0.452 e. The van der Waals surface area contributed by atoms with Crippen molar-refractivity contribution < 1.29 is 32.9 Å². The Kier molecular flexibility index (Phi) is 14.0. The molecule has 1 aromatic heterocycles. The molecule has 0 radical (unpaired) electrons. The van der Waals surface area contributed by atoms with Crippen molar-refractivity contribution in [1.82, 2.24) is 20.5 Å². The van der Waals surface area contributed by atoms with Crippen LogP contribution in [0.3, 0.4) is 0 Å². The highest BCUT2D eigenvalue weighted by Crippen LogP contribution is 2.45. The van der Waals surface area contributed by atoms with Crippen molar-refractivity contribution >= 4 is 109 Å². The van der Waals surface area contributed by atoms with E-state index in [1.54, 1.807) is 39.0 Å². The second-order valence-corrected chi connectivity index (χ2v) is 19.1. The van der Waals surface area contributed by atoms with Gasteiger partial charge in [-0.1, -0.05) is 114 Å². The molecule has 1 fully saturated rings. The van der Waals surface area contributed by atoms with Crippen LogP contribution in [0.25, 0.3) is 5.57 Å². The number of ether oxygens (including phenoxy) is 2. The van der Waals surface area contributed by atoms with E-state index in [1.165, 1.54) is 22.9 Å². The molecule has 3 N–H and O–H groups in total. The van der Waals surface area contributed by atoms with Crippen LogP contribution < -0.4 is 16.0 Å². The van der Waals surface area contributed by atoms with Crippen molar-refractivity contribution in [2.45, 2.75) is 73.8 Å². The number of thiazole rings is 1. The first-order valence-electron chi connectivity index (χ1n) is 18.0. The van der Waals surface area contributed by atoms with Gasteiger partial charge < -0.3 is 25.4 Å². The fourth-order valence-electron chi connectivity index (χ4n) is 6.03. The molecule has 12 nitrogen and oxygen atoms in total. The highest BCUT2D eigenvalue weighted by Gasteiger charge is 2.56. The van der Waals surface area contributed by atoms with Gasteiger partial charge in [0.2, 0.25) is 11.8 Å². The highest BCUT2D eigenvalue weighted by molar-refractivity contribution is 8.02. The number of aromatic nitrogens is 1. The maximum Gasteiger partial charge on any atom is 0.408 e. The number of rotatable bonds is 13. The van der Waals surface area contributed by atoms with E-state index in [-0.39, 0.29) is 16.6 Å². The van der Waals surface area contributed by atoms with Crippen LogP contribution in [-0.2, 0) is 34.7 Å². The van der Waals surface area contributed by atoms with Gasteiger partial charge in [-0.25, -0.2) is 9.78 Å². The lowest BCUT2D eigenvalue weighted by Gasteiger charge is -2.49. The van der Waals surface area contributed by atoms with Gasteiger partial charge in [-0.15, -0.1) is 11.8 Å². The number of nitrogens with zero attached hydrogens (tertiary/aromatic N) is 2. The van der Waals surface area contributed by atoms with Gasteiger partial charge in [0.15, 0.2) is 11.2 Å². The molecule has 304 valence electrons. The van der Waals surface area contributed by atoms with Crippen LogP contribution in [0, 0.1) is 0 Å². The van der Waals surface area contributed by atoms with Crippen LogP contribution in [0.4, 0.5) is 9.93 Å². The number of thioether (sulfide) groups is 1. The summed E-state index contributed by atoms with van der Waals surface area (Å²) in [5.41, 5.74) is 1.13. The summed E-state index contributed by atoms with van der Waals surface area (Å²) < 4.78 is 25.2. The number of hydrogen-bond acceptors (Lipinski definition) is 11. The summed E-state index contributed by atoms with van der Waals surface area (Å²) in [6.45, 7) is 7.13. The highest BCUT2D eigenvalue weighted by atomic mass is 35.5. The first-order chi connectivity index (χ1) is 27.6. The van der Waals surface area contributed by atoms with Gasteiger partial charge >= 0.3 is 12.1 Å². The van der Waals surface area contributed by atoms with E-state index in [4.69, 9.17) is 44.9 Å². The third-order valence-electron chi connectivity index (χ3n) is 8.70. The van der Waals surface area contributed by atoms with E-state index >= 15 is 0 Å². The Bertz CT molecular complexity index is 2230. The molecule has 0 spiro atoms. The molecule has 6 rings (SSSR count). The van der Waals surface area contributed by atoms with Gasteiger partial charge in [-0.3, -0.25) is 23.5 Å². The van der Waals surface area contributed by atoms with E-state index in [0.29, 0.717) is 36.9 Å². The van der Waals surface area contributed by atoms with Crippen LogP contribution >= 0.6 is 58.5 Å². The number of carbonyl (C=O) groups is 4. The predicted octanol–water partition coefficient (Wildman–Crippen LogP) is 8.09. The molecule has 18 heteroatoms. The van der Waals surface area contributed by atoms with Crippen LogP contribution in [0.2, 0.25) is 10.0 Å². The molecule has 2 aliphatic rings. The van der Waals surface area contributed by atoms with Crippen molar-refractivity contribution in [2.75, 3.05) is 11.1 Å². The molecule has 3 aromatic carbocycles. The normalized spacial score (nSPS) is 18.2. The average Bonchev–Trinajstić information content (AvgIpc) is 3.64. The lowest BCUT2D eigenvalue weighted by atomic mass is 10.0. The first-order valence-corrected chi connectivity index (χ1v) is 22.3. The number of benzene rings is 3. The smallest absolute Gasteiger partial charge is 0.408 e. The Morgan fingerprint density at radius 2 is 1.67 bits per heavy atom. The number of hydrogen-bond donors (Lipinski definition) is 3. The summed E-state index contributed by atoms with van der Waals surface area (Å²) in [6, 6.07) is 22.7. The second kappa shape index (κ2) is 18.7. The minimum Gasteiger partial charge on any atom is -0.452 e. The van der Waals surface area contributed by atoms with Crippen molar-refractivity contribution in [3.8, 4) is 0 Å². The molecule has 3 amide bonds. The standard InChI is InChI=1S/C40H39Cl2N5O7S4/c1-5-28(44-39(51)54-40(2,3)4)35(55)46-38-43-20-29(57-38)25-21-58(52)37-33(56-24-16-17-26(41)27(42)18-24)36(50)47(37)34(25)45-30(48)19-31(49)53-32(22-12-8-6-9-13-22)23-14-10-7-11-15-23/h6-18,20,28,32-33,37H,5,19,21H2,1-4H3,(H,44,51)(H,45,48)(H,43,46,55). The van der Waals surface area contributed by atoms with Crippen molar-refractivity contribution in [2.24, 2.45) is 0 Å². The molecule has 4 atom stereocenters. The Morgan fingerprint density at radius 3 is 2.28 bits per heavy atom. The van der Waals surface area contributed by atoms with Crippen molar-refractivity contribution in [1.29, 1.82) is 0 Å². The third-order valence-corrected chi connectivity index (χ3v) is 13.8. The molecular weight excluding hydrogens is 862 g/mol. The maximum absolute atomic E-state index is 14.0. The summed E-state index contributed by atoms with van der Waals surface area (Å²) in [7, 11) is -1.62. The second-order valence-electron chi connectivity index (χ2n) is 14.1. The van der Waals surface area contributed by atoms with Gasteiger partial charge in [0.05, 0.1) is 37.5 Å². The summed E-state index contributed by atoms with van der Waals surface area (Å²) in [5.74, 6) is -1.88. The molecule has 0 aliphatic carbocycles. The Hall–Kier alpha value is -4.32. The minimum absolute atomic E-state index is 0.0408. The van der Waals surface area contributed by atoms with E-state index in [0.717, 1.165) is 22.5 Å². The Morgan fingerprint density at radius 1 is 1.02 bits per heavy atom. The average molecular weight is 901 g/mol. The fourth-order valence-corrected chi connectivity index (χ4v) is 10.9. The zero-order valence-electron chi connectivity index (χ0n) is 31.7. The first kappa shape index (κ1) is 43.3. The third kappa shape index (κ3) is 10.5. The van der Waals surface area contributed by atoms with Crippen molar-refractivity contribution in [3.05, 3.63) is 117 Å². The number of anilines is 1. The molecule has 4 unspecified atom stereocenters. The number of halogens is 2. The summed E-state index contributed by atoms with van der Waals surface area (Å²) >= 11 is 20.3. The van der Waals surface area contributed by atoms with Crippen LogP contribution in [0.5, 0.6) is 0 Å². The maximum atomic E-state index is 14.0. The number of β-lactam (4-membered cyclic amide) rings is 1. The van der Waals surface area contributed by atoms with Crippen LogP contribution in [-0.4, -0.2) is 71.0 Å². The Labute approximate surface area is 361 Å². The number of alkyl carbamates (subject to hydrolysis) is 1. The summed E-state index contributed by atoms with van der Waals surface area (Å²) in [5, 5.41) is 8.07. The van der Waals surface area contributed by atoms with Gasteiger partial charge in [0.1, 0.15) is 33.5 Å². The molecule has 4 aromatic rings. The quantitative estimate of drug-likeness (QED) is 0.0516. The molecule has 0 saturated carbocycles. The number of carbonyl (C=O) groups excluding carboxylic acids is 4. The monoisotopic (exact) mass is 899 g/mol. The lowest BCUT2D eigenvalue weighted by molar-refractivity contribution is -0.149. The van der Waals surface area contributed by atoms with Crippen LogP contribution in [0.1, 0.15) is 62.6 Å². The van der Waals surface area contributed by atoms with Crippen LogP contribution in [0.15, 0.2) is 95.8 Å². The summed E-state index contributed by atoms with van der Waals surface area (Å²) in [6.07, 6.45) is -0.0828. The molecule has 0 bridgehead atoms. The predicted molar refractivity (Wildman–Crippen MR) is 232 cm³/mol. The number of nitrogens with one attached hydrogen (secondary N) is 3. The molecule has 2 aliphatic heterocycles. The molecule has 3 heterocycles. The molecular formula is C40H39Cl2N5O7S4. The zero-order valence-corrected chi connectivity index (χ0v) is 36.4. The van der Waals surface area contributed by atoms with Gasteiger partial charge in [0, 0.05) is 16.7 Å². The van der Waals surface area contributed by atoms with E-state index in [1.807, 2.05) is 67.6 Å². The van der Waals surface area contributed by atoms with Gasteiger partial charge in [-0.2, -0.15) is 0 Å². The minimum atomic E-state index is -1.62. The van der Waals surface area contributed by atoms with Crippen molar-refractivity contribution in [3.63, 3.8) is 0 Å². The van der Waals surface area contributed by atoms with Gasteiger partial charge in [-0.05, 0) is 56.5 Å². The summed E-state index contributed by atoms with van der Waals surface area (Å²) in [4.78, 5) is 60.7. The van der Waals surface area contributed by atoms with E-state index in [9.17, 15) is 23.4 Å². The fraction of sp³-hybridized carbons (Fsp3) is 0.300. The molecule has 1 saturated heterocycles. The van der Waals surface area contributed by atoms with E-state index < -0.39 is 69.5 Å². The number of fused-ring (bicyclic) bond motifs is 1. The number of amides is 3. The number of esters is 1. The topological polar surface area (TPSA) is 156 Å². The zero-order chi connectivity index (χ0) is 41.7. The number of thiocarbonyl (C=S) groups is 1. The SMILES string of the molecule is CCC(NC(=O)OC(C)(C)C)C(=S)Nc1ncc(C2=C(NC(=O)CC(=O)OC(c3ccccc3)c3ccccc3)N3C(=O)C(Sc4ccc(Cl)c(Cl)c4)C3S(=O)C2)s1. The van der Waals surface area contributed by atoms with E-state index in [2.05, 4.69) is 20.9 Å². The molecule has 58 heavy (non-hydrogen) atoms. The Balaban J connectivity index is 1.25. The van der Waals surface area contributed by atoms with Gasteiger partial charge in [0.25, 0.3) is 0 Å².